The Balaban J connectivity index is 2.94. The summed E-state index contributed by atoms with van der Waals surface area (Å²) < 4.78 is 74.9. The van der Waals surface area contributed by atoms with Crippen LogP contribution >= 0.6 is 0 Å². The first-order valence-electron chi connectivity index (χ1n) is 4.35. The molecule has 0 spiro atoms. The SMILES string of the molecule is CS(=O)(=O)CC1OS(=O)(=O)O[C@@H]1CS(C)(=O)=O. The maximum absolute atomic E-state index is 11.0. The Hall–Kier alpha value is -0.230. The molecule has 0 aromatic heterocycles. The molecule has 102 valence electrons. The van der Waals surface area contributed by atoms with Crippen LogP contribution in [-0.2, 0) is 38.4 Å². The summed E-state index contributed by atoms with van der Waals surface area (Å²) in [4.78, 5) is 0. The van der Waals surface area contributed by atoms with Gasteiger partial charge in [0, 0.05) is 12.5 Å². The van der Waals surface area contributed by atoms with Crippen LogP contribution in [0.3, 0.4) is 0 Å². The minimum absolute atomic E-state index is 0.619. The van der Waals surface area contributed by atoms with Crippen LogP contribution in [0.1, 0.15) is 0 Å². The zero-order chi connectivity index (χ0) is 13.5. The number of hydrogen-bond acceptors (Lipinski definition) is 8. The van der Waals surface area contributed by atoms with E-state index in [1.54, 1.807) is 0 Å². The van der Waals surface area contributed by atoms with Gasteiger partial charge in [0.15, 0.2) is 0 Å². The first-order valence-corrected chi connectivity index (χ1v) is 9.80. The van der Waals surface area contributed by atoms with Crippen molar-refractivity contribution in [3.8, 4) is 0 Å². The summed E-state index contributed by atoms with van der Waals surface area (Å²) in [6, 6.07) is 0. The van der Waals surface area contributed by atoms with E-state index < -0.39 is 53.8 Å². The molecule has 8 nitrogen and oxygen atoms in total. The lowest BCUT2D eigenvalue weighted by Gasteiger charge is -2.12. The topological polar surface area (TPSA) is 121 Å². The van der Waals surface area contributed by atoms with Crippen LogP contribution in [0.2, 0.25) is 0 Å². The Bertz CT molecular complexity index is 535. The molecule has 0 aromatic carbocycles. The van der Waals surface area contributed by atoms with Gasteiger partial charge in [-0.3, -0.25) is 0 Å². The Morgan fingerprint density at radius 2 is 1.18 bits per heavy atom. The van der Waals surface area contributed by atoms with Crippen LogP contribution < -0.4 is 0 Å². The van der Waals surface area contributed by atoms with E-state index in [0.29, 0.717) is 0 Å². The fourth-order valence-electron chi connectivity index (χ4n) is 1.32. The monoisotopic (exact) mass is 308 g/mol. The van der Waals surface area contributed by atoms with Gasteiger partial charge in [-0.1, -0.05) is 0 Å². The molecule has 1 rings (SSSR count). The van der Waals surface area contributed by atoms with Crippen molar-refractivity contribution in [1.82, 2.24) is 0 Å². The summed E-state index contributed by atoms with van der Waals surface area (Å²) in [5.41, 5.74) is 0. The summed E-state index contributed by atoms with van der Waals surface area (Å²) in [5.74, 6) is -1.24. The molecule has 0 aromatic rings. The second-order valence-electron chi connectivity index (χ2n) is 3.86. The fraction of sp³-hybridized carbons (Fsp3) is 1.00. The van der Waals surface area contributed by atoms with Crippen LogP contribution in [0.25, 0.3) is 0 Å². The molecule has 0 amide bonds. The highest BCUT2D eigenvalue weighted by molar-refractivity contribution is 7.91. The van der Waals surface area contributed by atoms with E-state index in [9.17, 15) is 25.3 Å². The Morgan fingerprint density at radius 1 is 0.882 bits per heavy atom. The summed E-state index contributed by atoms with van der Waals surface area (Å²) in [6.45, 7) is 0. The molecule has 17 heavy (non-hydrogen) atoms. The molecule has 1 heterocycles. The van der Waals surface area contributed by atoms with E-state index in [0.717, 1.165) is 12.5 Å². The minimum atomic E-state index is -4.32. The number of rotatable bonds is 4. The largest absolute Gasteiger partial charge is 0.400 e. The maximum atomic E-state index is 11.0. The van der Waals surface area contributed by atoms with E-state index in [1.807, 2.05) is 0 Å². The lowest BCUT2D eigenvalue weighted by atomic mass is 10.3. The molecule has 1 fully saturated rings. The van der Waals surface area contributed by atoms with Gasteiger partial charge in [0.25, 0.3) is 0 Å². The number of sulfone groups is 2. The first kappa shape index (κ1) is 14.8. The van der Waals surface area contributed by atoms with Crippen molar-refractivity contribution in [2.75, 3.05) is 24.0 Å². The summed E-state index contributed by atoms with van der Waals surface area (Å²) in [5, 5.41) is 0. The van der Waals surface area contributed by atoms with Gasteiger partial charge < -0.3 is 0 Å². The highest BCUT2D eigenvalue weighted by atomic mass is 32.3. The van der Waals surface area contributed by atoms with Crippen molar-refractivity contribution >= 4 is 30.1 Å². The molecule has 0 saturated carbocycles. The fourth-order valence-corrected chi connectivity index (χ4v) is 4.28. The van der Waals surface area contributed by atoms with Gasteiger partial charge >= 0.3 is 10.4 Å². The molecule has 2 atom stereocenters. The van der Waals surface area contributed by atoms with Crippen LogP contribution in [-0.4, -0.2) is 61.5 Å². The number of hydrogen-bond donors (Lipinski definition) is 0. The van der Waals surface area contributed by atoms with Crippen molar-refractivity contribution in [2.24, 2.45) is 0 Å². The summed E-state index contributed by atoms with van der Waals surface area (Å²) in [6.07, 6.45) is -0.883. The molecular formula is C6H12O8S3. The van der Waals surface area contributed by atoms with Gasteiger partial charge in [0.2, 0.25) is 0 Å². The van der Waals surface area contributed by atoms with Gasteiger partial charge in [-0.05, 0) is 0 Å². The molecule has 0 bridgehead atoms. The Kier molecular flexibility index (Phi) is 3.89. The molecular weight excluding hydrogens is 296 g/mol. The molecule has 0 N–H and O–H groups in total. The van der Waals surface area contributed by atoms with Crippen LogP contribution in [0.5, 0.6) is 0 Å². The van der Waals surface area contributed by atoms with E-state index in [1.165, 1.54) is 0 Å². The van der Waals surface area contributed by atoms with Gasteiger partial charge in [-0.2, -0.15) is 8.42 Å². The summed E-state index contributed by atoms with van der Waals surface area (Å²) in [7, 11) is -11.3. The predicted molar refractivity (Wildman–Crippen MR) is 58.1 cm³/mol. The van der Waals surface area contributed by atoms with E-state index in [4.69, 9.17) is 0 Å². The predicted octanol–water partition coefficient (Wildman–Crippen LogP) is -1.90. The van der Waals surface area contributed by atoms with Crippen LogP contribution in [0, 0.1) is 0 Å². The molecule has 0 aliphatic carbocycles. The Morgan fingerprint density at radius 3 is 1.41 bits per heavy atom. The first-order chi connectivity index (χ1) is 7.38. The minimum Gasteiger partial charge on any atom is -0.241 e. The zero-order valence-electron chi connectivity index (χ0n) is 9.06. The van der Waals surface area contributed by atoms with Gasteiger partial charge in [-0.15, -0.1) is 0 Å². The van der Waals surface area contributed by atoms with Gasteiger partial charge in [0.1, 0.15) is 31.9 Å². The van der Waals surface area contributed by atoms with E-state index in [2.05, 4.69) is 8.37 Å². The molecule has 1 aliphatic rings. The van der Waals surface area contributed by atoms with Gasteiger partial charge in [-0.25, -0.2) is 25.2 Å². The van der Waals surface area contributed by atoms with Crippen molar-refractivity contribution in [3.05, 3.63) is 0 Å². The molecule has 1 unspecified atom stereocenters. The van der Waals surface area contributed by atoms with E-state index in [-0.39, 0.29) is 0 Å². The smallest absolute Gasteiger partial charge is 0.241 e. The zero-order valence-corrected chi connectivity index (χ0v) is 11.5. The van der Waals surface area contributed by atoms with Crippen LogP contribution in [0.4, 0.5) is 0 Å². The average Bonchev–Trinajstić information content (AvgIpc) is 2.17. The second-order valence-corrected chi connectivity index (χ2v) is 9.43. The Labute approximate surface area is 100 Å². The van der Waals surface area contributed by atoms with Crippen molar-refractivity contribution in [1.29, 1.82) is 0 Å². The molecule has 1 aliphatic heterocycles. The maximum Gasteiger partial charge on any atom is 0.400 e. The standard InChI is InChI=1S/C6H12O8S3/c1-15(7,8)3-5-6(4-16(2,9)10)14-17(11,12)13-5/h5-6H,3-4H2,1-2H3/t5-,6?/m1/s1. The average molecular weight is 308 g/mol. The quantitative estimate of drug-likeness (QED) is 0.590. The van der Waals surface area contributed by atoms with Crippen molar-refractivity contribution in [2.45, 2.75) is 12.2 Å². The van der Waals surface area contributed by atoms with Crippen molar-refractivity contribution in [3.63, 3.8) is 0 Å². The molecule has 0 radical (unpaired) electrons. The highest BCUT2D eigenvalue weighted by Crippen LogP contribution is 2.23. The molecule has 1 saturated heterocycles. The normalized spacial score (nSPS) is 29.3. The highest BCUT2D eigenvalue weighted by Gasteiger charge is 2.43. The molecule has 11 heteroatoms. The van der Waals surface area contributed by atoms with Crippen molar-refractivity contribution < 1.29 is 33.6 Å². The third-order valence-electron chi connectivity index (χ3n) is 1.83. The van der Waals surface area contributed by atoms with Gasteiger partial charge in [0.05, 0.1) is 11.5 Å². The lowest BCUT2D eigenvalue weighted by molar-refractivity contribution is 0.191. The third-order valence-corrected chi connectivity index (χ3v) is 4.67. The van der Waals surface area contributed by atoms with E-state index >= 15 is 0 Å². The lowest BCUT2D eigenvalue weighted by Crippen LogP contribution is -2.35. The second kappa shape index (κ2) is 4.46. The summed E-state index contributed by atoms with van der Waals surface area (Å²) >= 11 is 0. The third kappa shape index (κ3) is 5.29. The van der Waals surface area contributed by atoms with Crippen LogP contribution in [0.15, 0.2) is 0 Å².